The molecule has 1 amide bonds. The van der Waals surface area contributed by atoms with Crippen molar-refractivity contribution in [2.75, 3.05) is 25.0 Å². The van der Waals surface area contributed by atoms with Crippen LogP contribution in [0.1, 0.15) is 41.6 Å². The number of amides is 1. The minimum atomic E-state index is -0.286. The maximum absolute atomic E-state index is 12.2. The number of quaternary nitrogens is 1. The van der Waals surface area contributed by atoms with Crippen LogP contribution in [0.3, 0.4) is 0 Å². The van der Waals surface area contributed by atoms with Crippen molar-refractivity contribution in [2.45, 2.75) is 33.2 Å². The van der Waals surface area contributed by atoms with Crippen molar-refractivity contribution in [2.24, 2.45) is 5.92 Å². The highest BCUT2D eigenvalue weighted by atomic mass is 16.5. The lowest BCUT2D eigenvalue weighted by atomic mass is 9.96. The van der Waals surface area contributed by atoms with E-state index in [1.807, 2.05) is 25.1 Å². The summed E-state index contributed by atoms with van der Waals surface area (Å²) in [6.45, 7) is 6.78. The number of esters is 1. The number of piperidine rings is 1. The van der Waals surface area contributed by atoms with Gasteiger partial charge in [-0.05, 0) is 26.0 Å². The van der Waals surface area contributed by atoms with Gasteiger partial charge in [0.2, 0.25) is 0 Å². The summed E-state index contributed by atoms with van der Waals surface area (Å²) in [4.78, 5) is 25.5. The molecule has 0 radical (unpaired) electrons. The van der Waals surface area contributed by atoms with E-state index in [0.29, 0.717) is 12.4 Å². The molecule has 7 nitrogen and oxygen atoms in total. The first-order chi connectivity index (χ1) is 13.0. The third-order valence-corrected chi connectivity index (χ3v) is 4.81. The Hall–Kier alpha value is -2.67. The van der Waals surface area contributed by atoms with Gasteiger partial charge in [0.15, 0.2) is 5.69 Å². The maximum Gasteiger partial charge on any atom is 0.309 e. The van der Waals surface area contributed by atoms with Crippen LogP contribution < -0.4 is 10.2 Å². The van der Waals surface area contributed by atoms with Crippen molar-refractivity contribution in [3.63, 3.8) is 0 Å². The topological polar surface area (TPSA) is 85.9 Å². The first-order valence-electron chi connectivity index (χ1n) is 9.39. The molecule has 144 valence electrons. The van der Waals surface area contributed by atoms with Gasteiger partial charge in [-0.3, -0.25) is 9.59 Å². The molecule has 1 aromatic carbocycles. The predicted molar refractivity (Wildman–Crippen MR) is 99.4 cm³/mol. The van der Waals surface area contributed by atoms with E-state index < -0.39 is 0 Å². The molecule has 2 aromatic rings. The average Bonchev–Trinajstić information content (AvgIpc) is 3.09. The van der Waals surface area contributed by atoms with Crippen LogP contribution in [0.25, 0.3) is 0 Å². The minimum absolute atomic E-state index is 0.0326. The fraction of sp³-hybridized carbons (Fsp3) is 0.450. The molecule has 0 saturated carbocycles. The molecule has 1 aliphatic rings. The van der Waals surface area contributed by atoms with Gasteiger partial charge in [-0.15, -0.1) is 0 Å². The highest BCUT2D eigenvalue weighted by Crippen LogP contribution is 2.14. The Balaban J connectivity index is 1.54. The molecule has 0 bridgehead atoms. The zero-order chi connectivity index (χ0) is 19.2. The molecule has 2 heterocycles. The van der Waals surface area contributed by atoms with Crippen LogP contribution in [0.2, 0.25) is 0 Å². The molecular formula is C20H26N3O4+. The van der Waals surface area contributed by atoms with Crippen LogP contribution in [-0.4, -0.2) is 36.7 Å². The summed E-state index contributed by atoms with van der Waals surface area (Å²) in [6.07, 6.45) is 1.71. The quantitative estimate of drug-likeness (QED) is 0.752. The molecule has 1 fully saturated rings. The molecule has 2 N–H and O–H groups in total. The number of aromatic nitrogens is 1. The first-order valence-corrected chi connectivity index (χ1v) is 9.39. The molecule has 7 heteroatoms. The first kappa shape index (κ1) is 19.1. The van der Waals surface area contributed by atoms with Crippen molar-refractivity contribution in [1.82, 2.24) is 5.16 Å². The Morgan fingerprint density at radius 3 is 2.74 bits per heavy atom. The van der Waals surface area contributed by atoms with Crippen LogP contribution in [0.15, 0.2) is 34.9 Å². The summed E-state index contributed by atoms with van der Waals surface area (Å²) in [5.41, 5.74) is 2.15. The Labute approximate surface area is 158 Å². The highest BCUT2D eigenvalue weighted by molar-refractivity contribution is 6.02. The van der Waals surface area contributed by atoms with E-state index in [1.54, 1.807) is 13.0 Å². The van der Waals surface area contributed by atoms with Crippen molar-refractivity contribution >= 4 is 17.6 Å². The van der Waals surface area contributed by atoms with Gasteiger partial charge in [0.1, 0.15) is 12.3 Å². The number of rotatable bonds is 6. The molecule has 0 aliphatic carbocycles. The van der Waals surface area contributed by atoms with E-state index in [0.717, 1.165) is 43.7 Å². The number of likely N-dealkylation sites (tertiary alicyclic amines) is 1. The second-order valence-corrected chi connectivity index (χ2v) is 6.93. The van der Waals surface area contributed by atoms with Crippen molar-refractivity contribution in [3.8, 4) is 0 Å². The zero-order valence-electron chi connectivity index (χ0n) is 15.8. The minimum Gasteiger partial charge on any atom is -0.466 e. The lowest BCUT2D eigenvalue weighted by Gasteiger charge is -2.28. The normalized spacial score (nSPS) is 19.5. The molecule has 27 heavy (non-hydrogen) atoms. The van der Waals surface area contributed by atoms with Gasteiger partial charge in [0, 0.05) is 30.2 Å². The molecule has 0 atom stereocenters. The molecule has 0 spiro atoms. The molecule has 1 aliphatic heterocycles. The Morgan fingerprint density at radius 1 is 1.30 bits per heavy atom. The summed E-state index contributed by atoms with van der Waals surface area (Å²) in [5, 5.41) is 6.59. The number of hydrogen-bond donors (Lipinski definition) is 2. The van der Waals surface area contributed by atoms with Gasteiger partial charge in [-0.25, -0.2) is 0 Å². The number of ether oxygens (including phenoxy) is 1. The zero-order valence-corrected chi connectivity index (χ0v) is 15.8. The van der Waals surface area contributed by atoms with Crippen LogP contribution >= 0.6 is 0 Å². The summed E-state index contributed by atoms with van der Waals surface area (Å²) in [7, 11) is 0. The second kappa shape index (κ2) is 8.81. The van der Waals surface area contributed by atoms with Crippen molar-refractivity contribution in [3.05, 3.63) is 47.3 Å². The summed E-state index contributed by atoms with van der Waals surface area (Å²) in [5.74, 6) is 0.282. The van der Waals surface area contributed by atoms with Gasteiger partial charge >= 0.3 is 5.97 Å². The van der Waals surface area contributed by atoms with E-state index in [9.17, 15) is 9.59 Å². The summed E-state index contributed by atoms with van der Waals surface area (Å²) in [6, 6.07) is 9.44. The van der Waals surface area contributed by atoms with Gasteiger partial charge in [-0.1, -0.05) is 17.3 Å². The van der Waals surface area contributed by atoms with Crippen molar-refractivity contribution < 1.29 is 23.7 Å². The summed E-state index contributed by atoms with van der Waals surface area (Å²) >= 11 is 0. The standard InChI is InChI=1S/C20H25N3O4/c1-3-26-20(25)16-7-9-23(10-8-16)13-15-5-4-6-17(12-15)21-19(24)18-11-14(2)27-22-18/h4-6,11-12,16H,3,7-10,13H2,1-2H3,(H,21,24)/p+1. The molecular weight excluding hydrogens is 346 g/mol. The van der Waals surface area contributed by atoms with Crippen LogP contribution in [0.5, 0.6) is 0 Å². The second-order valence-electron chi connectivity index (χ2n) is 6.93. The highest BCUT2D eigenvalue weighted by Gasteiger charge is 2.28. The van der Waals surface area contributed by atoms with E-state index in [-0.39, 0.29) is 23.5 Å². The predicted octanol–water partition coefficient (Wildman–Crippen LogP) is 1.59. The Bertz CT molecular complexity index is 794. The number of aryl methyl sites for hydroxylation is 1. The smallest absolute Gasteiger partial charge is 0.309 e. The Kier molecular flexibility index (Phi) is 6.24. The maximum atomic E-state index is 12.2. The lowest BCUT2D eigenvalue weighted by Crippen LogP contribution is -3.11. The van der Waals surface area contributed by atoms with E-state index in [4.69, 9.17) is 9.26 Å². The number of hydrogen-bond acceptors (Lipinski definition) is 5. The summed E-state index contributed by atoms with van der Waals surface area (Å²) < 4.78 is 10.1. The van der Waals surface area contributed by atoms with Crippen LogP contribution in [-0.2, 0) is 16.1 Å². The van der Waals surface area contributed by atoms with E-state index in [2.05, 4.69) is 16.5 Å². The van der Waals surface area contributed by atoms with Gasteiger partial charge < -0.3 is 19.5 Å². The Morgan fingerprint density at radius 2 is 2.07 bits per heavy atom. The number of nitrogens with zero attached hydrogens (tertiary/aromatic N) is 1. The SMILES string of the molecule is CCOC(=O)C1CC[NH+](Cc2cccc(NC(=O)c3cc(C)on3)c2)CC1. The van der Waals surface area contributed by atoms with Gasteiger partial charge in [-0.2, -0.15) is 0 Å². The van der Waals surface area contributed by atoms with Gasteiger partial charge in [0.25, 0.3) is 5.91 Å². The van der Waals surface area contributed by atoms with E-state index in [1.165, 1.54) is 4.90 Å². The number of carbonyl (C=O) groups excluding carboxylic acids is 2. The lowest BCUT2D eigenvalue weighted by molar-refractivity contribution is -0.919. The average molecular weight is 372 g/mol. The number of nitrogens with one attached hydrogen (secondary N) is 2. The van der Waals surface area contributed by atoms with Crippen molar-refractivity contribution in [1.29, 1.82) is 0 Å². The number of carbonyl (C=O) groups is 2. The van der Waals surface area contributed by atoms with Crippen LogP contribution in [0.4, 0.5) is 5.69 Å². The fourth-order valence-electron chi connectivity index (χ4n) is 3.41. The van der Waals surface area contributed by atoms with E-state index >= 15 is 0 Å². The van der Waals surface area contributed by atoms with Gasteiger partial charge in [0.05, 0.1) is 25.6 Å². The third kappa shape index (κ3) is 5.17. The largest absolute Gasteiger partial charge is 0.466 e. The number of anilines is 1. The van der Waals surface area contributed by atoms with Crippen LogP contribution in [0, 0.1) is 12.8 Å². The fourth-order valence-corrected chi connectivity index (χ4v) is 3.41. The monoisotopic (exact) mass is 372 g/mol. The molecule has 1 saturated heterocycles. The molecule has 3 rings (SSSR count). The molecule has 1 aromatic heterocycles. The third-order valence-electron chi connectivity index (χ3n) is 4.81. The molecule has 0 unspecified atom stereocenters. The number of benzene rings is 1.